The molecule has 0 aromatic rings. The van der Waals surface area contributed by atoms with Crippen LogP contribution < -0.4 is 5.32 Å². The molecule has 0 aromatic carbocycles. The average molecular weight is 228 g/mol. The van der Waals surface area contributed by atoms with Gasteiger partial charge in [-0.2, -0.15) is 0 Å². The van der Waals surface area contributed by atoms with Gasteiger partial charge in [0.2, 0.25) is 0 Å². The zero-order valence-electron chi connectivity index (χ0n) is 12.6. The van der Waals surface area contributed by atoms with Crippen molar-refractivity contribution >= 4 is 0 Å². The van der Waals surface area contributed by atoms with Gasteiger partial charge in [0.25, 0.3) is 0 Å². The topological polar surface area (TPSA) is 15.3 Å². The van der Waals surface area contributed by atoms with Crippen molar-refractivity contribution in [3.05, 3.63) is 0 Å². The van der Waals surface area contributed by atoms with Crippen LogP contribution in [0.15, 0.2) is 0 Å². The summed E-state index contributed by atoms with van der Waals surface area (Å²) in [6.45, 7) is 17.0. The van der Waals surface area contributed by atoms with Crippen LogP contribution in [0.4, 0.5) is 0 Å². The fourth-order valence-corrected chi connectivity index (χ4v) is 1.53. The van der Waals surface area contributed by atoms with Crippen molar-refractivity contribution in [2.75, 3.05) is 13.6 Å². The minimum atomic E-state index is 0.255. The molecule has 0 aliphatic heterocycles. The maximum atomic E-state index is 3.64. The zero-order valence-corrected chi connectivity index (χ0v) is 12.6. The van der Waals surface area contributed by atoms with Gasteiger partial charge >= 0.3 is 0 Å². The summed E-state index contributed by atoms with van der Waals surface area (Å²) in [7, 11) is 2.23. The van der Waals surface area contributed by atoms with Gasteiger partial charge in [-0.25, -0.2) is 0 Å². The highest BCUT2D eigenvalue weighted by atomic mass is 15.2. The van der Waals surface area contributed by atoms with Crippen LogP contribution in [0.1, 0.15) is 61.3 Å². The van der Waals surface area contributed by atoms with E-state index < -0.39 is 0 Å². The second-order valence-electron chi connectivity index (χ2n) is 6.24. The maximum absolute atomic E-state index is 3.64. The first-order valence-electron chi connectivity index (χ1n) is 6.64. The molecule has 0 radical (unpaired) electrons. The van der Waals surface area contributed by atoms with Crippen LogP contribution in [0.3, 0.4) is 0 Å². The van der Waals surface area contributed by atoms with E-state index in [2.05, 4.69) is 65.7 Å². The van der Waals surface area contributed by atoms with Gasteiger partial charge in [-0.05, 0) is 54.5 Å². The first-order valence-corrected chi connectivity index (χ1v) is 6.64. The van der Waals surface area contributed by atoms with E-state index in [1.807, 2.05) is 0 Å². The molecule has 16 heavy (non-hydrogen) atoms. The fraction of sp³-hybridized carbons (Fsp3) is 1.00. The Balaban J connectivity index is 4.22. The van der Waals surface area contributed by atoms with Crippen LogP contribution in [0, 0.1) is 0 Å². The lowest BCUT2D eigenvalue weighted by molar-refractivity contribution is 0.1000. The average Bonchev–Trinajstić information content (AvgIpc) is 2.24. The highest BCUT2D eigenvalue weighted by Gasteiger charge is 2.26. The molecule has 0 bridgehead atoms. The molecule has 0 saturated carbocycles. The summed E-state index contributed by atoms with van der Waals surface area (Å²) in [5, 5.41) is 3.64. The number of nitrogens with one attached hydrogen (secondary N) is 1. The van der Waals surface area contributed by atoms with Crippen molar-refractivity contribution in [1.82, 2.24) is 10.2 Å². The largest absolute Gasteiger partial charge is 0.310 e. The number of nitrogens with zero attached hydrogens (tertiary/aromatic N) is 1. The van der Waals surface area contributed by atoms with E-state index in [-0.39, 0.29) is 11.1 Å². The summed E-state index contributed by atoms with van der Waals surface area (Å²) in [4.78, 5) is 2.48. The molecule has 1 atom stereocenters. The smallest absolute Gasteiger partial charge is 0.0194 e. The van der Waals surface area contributed by atoms with Crippen molar-refractivity contribution in [3.63, 3.8) is 0 Å². The molecule has 98 valence electrons. The van der Waals surface area contributed by atoms with Crippen LogP contribution in [0.5, 0.6) is 0 Å². The number of hydrogen-bond donors (Lipinski definition) is 1. The van der Waals surface area contributed by atoms with Crippen molar-refractivity contribution in [2.24, 2.45) is 0 Å². The molecular formula is C14H32N2. The standard InChI is InChI=1S/C14H32N2/c1-9-13(4,5)15-11-12(3)16(8)14(6,7)10-2/h12,15H,9-11H2,1-8H3. The molecule has 0 aliphatic rings. The second-order valence-corrected chi connectivity index (χ2v) is 6.24. The first-order chi connectivity index (χ1) is 7.16. The van der Waals surface area contributed by atoms with E-state index in [1.54, 1.807) is 0 Å². The lowest BCUT2D eigenvalue weighted by Gasteiger charge is -2.40. The van der Waals surface area contributed by atoms with E-state index in [1.165, 1.54) is 12.8 Å². The van der Waals surface area contributed by atoms with Gasteiger partial charge in [0.1, 0.15) is 0 Å². The third-order valence-electron chi connectivity index (χ3n) is 4.24. The Hall–Kier alpha value is -0.0800. The summed E-state index contributed by atoms with van der Waals surface area (Å²) in [5.41, 5.74) is 0.545. The Morgan fingerprint density at radius 2 is 1.56 bits per heavy atom. The van der Waals surface area contributed by atoms with E-state index in [0.717, 1.165) is 6.54 Å². The first kappa shape index (κ1) is 15.9. The third-order valence-corrected chi connectivity index (χ3v) is 4.24. The van der Waals surface area contributed by atoms with Crippen LogP contribution in [-0.4, -0.2) is 35.6 Å². The number of hydrogen-bond acceptors (Lipinski definition) is 2. The lowest BCUT2D eigenvalue weighted by atomic mass is 9.97. The van der Waals surface area contributed by atoms with Crippen molar-refractivity contribution in [2.45, 2.75) is 78.4 Å². The summed E-state index contributed by atoms with van der Waals surface area (Å²) in [6, 6.07) is 0.570. The van der Waals surface area contributed by atoms with Gasteiger partial charge < -0.3 is 5.32 Å². The SMILES string of the molecule is CCC(C)(C)NCC(C)N(C)C(C)(C)CC. The monoisotopic (exact) mass is 228 g/mol. The summed E-state index contributed by atoms with van der Waals surface area (Å²) < 4.78 is 0. The Kier molecular flexibility index (Phi) is 5.99. The Morgan fingerprint density at radius 1 is 1.06 bits per heavy atom. The molecule has 2 nitrogen and oxygen atoms in total. The molecule has 0 heterocycles. The minimum Gasteiger partial charge on any atom is -0.310 e. The van der Waals surface area contributed by atoms with Gasteiger partial charge in [0, 0.05) is 23.7 Å². The van der Waals surface area contributed by atoms with Crippen LogP contribution in [0.25, 0.3) is 0 Å². The van der Waals surface area contributed by atoms with E-state index >= 15 is 0 Å². The van der Waals surface area contributed by atoms with Crippen LogP contribution in [-0.2, 0) is 0 Å². The second kappa shape index (κ2) is 6.02. The number of likely N-dealkylation sites (N-methyl/N-ethyl adjacent to an activating group) is 1. The number of rotatable bonds is 7. The van der Waals surface area contributed by atoms with Gasteiger partial charge in [-0.1, -0.05) is 13.8 Å². The van der Waals surface area contributed by atoms with Crippen LogP contribution in [0.2, 0.25) is 0 Å². The molecule has 0 rings (SSSR count). The molecule has 1 N–H and O–H groups in total. The van der Waals surface area contributed by atoms with Crippen molar-refractivity contribution in [3.8, 4) is 0 Å². The lowest BCUT2D eigenvalue weighted by Crippen LogP contribution is -2.52. The van der Waals surface area contributed by atoms with Crippen LogP contribution >= 0.6 is 0 Å². The van der Waals surface area contributed by atoms with Gasteiger partial charge in [-0.15, -0.1) is 0 Å². The van der Waals surface area contributed by atoms with Crippen molar-refractivity contribution < 1.29 is 0 Å². The third kappa shape index (κ3) is 4.84. The molecule has 0 saturated heterocycles. The Labute approximate surface area is 103 Å². The predicted octanol–water partition coefficient (Wildman–Crippen LogP) is 3.27. The van der Waals surface area contributed by atoms with Gasteiger partial charge in [-0.3, -0.25) is 4.90 Å². The minimum absolute atomic E-state index is 0.255. The van der Waals surface area contributed by atoms with E-state index in [4.69, 9.17) is 0 Å². The molecule has 0 amide bonds. The Morgan fingerprint density at radius 3 is 1.94 bits per heavy atom. The van der Waals surface area contributed by atoms with Crippen molar-refractivity contribution in [1.29, 1.82) is 0 Å². The molecule has 2 heteroatoms. The highest BCUT2D eigenvalue weighted by molar-refractivity contribution is 4.84. The molecular weight excluding hydrogens is 196 g/mol. The summed E-state index contributed by atoms with van der Waals surface area (Å²) >= 11 is 0. The Bertz CT molecular complexity index is 197. The highest BCUT2D eigenvalue weighted by Crippen LogP contribution is 2.19. The molecule has 0 aromatic heterocycles. The zero-order chi connectivity index (χ0) is 13.0. The molecule has 1 unspecified atom stereocenters. The normalized spacial score (nSPS) is 15.6. The summed E-state index contributed by atoms with van der Waals surface area (Å²) in [5.74, 6) is 0. The fourth-order valence-electron chi connectivity index (χ4n) is 1.53. The van der Waals surface area contributed by atoms with E-state index in [0.29, 0.717) is 6.04 Å². The van der Waals surface area contributed by atoms with Gasteiger partial charge in [0.05, 0.1) is 0 Å². The quantitative estimate of drug-likeness (QED) is 0.719. The maximum Gasteiger partial charge on any atom is 0.0194 e. The summed E-state index contributed by atoms with van der Waals surface area (Å²) in [6.07, 6.45) is 2.35. The molecule has 0 aliphatic carbocycles. The van der Waals surface area contributed by atoms with Gasteiger partial charge in [0.15, 0.2) is 0 Å². The van der Waals surface area contributed by atoms with E-state index in [9.17, 15) is 0 Å². The molecule has 0 fully saturated rings. The predicted molar refractivity (Wildman–Crippen MR) is 74.0 cm³/mol. The molecule has 0 spiro atoms.